The molecule has 0 aliphatic carbocycles. The van der Waals surface area contributed by atoms with E-state index in [2.05, 4.69) is 19.7 Å². The lowest BCUT2D eigenvalue weighted by molar-refractivity contribution is 0.242. The molecule has 0 aromatic rings. The van der Waals surface area contributed by atoms with Crippen molar-refractivity contribution in [2.45, 2.75) is 5.91 Å². The lowest BCUT2D eigenvalue weighted by Crippen LogP contribution is -2.27. The van der Waals surface area contributed by atoms with Gasteiger partial charge in [0.05, 0.1) is 0 Å². The maximum atomic E-state index is 3.76. The number of rotatable bonds is 0. The summed E-state index contributed by atoms with van der Waals surface area (Å²) in [6, 6.07) is 0. The summed E-state index contributed by atoms with van der Waals surface area (Å²) in [4.78, 5) is 0. The molecule has 1 atom stereocenters. The van der Waals surface area contributed by atoms with E-state index in [4.69, 9.17) is 0 Å². The normalized spacial score (nSPS) is 20.9. The topological polar surface area (TPSA) is 31.2 Å². The zero-order valence-corrected chi connectivity index (χ0v) is 6.10. The van der Waals surface area contributed by atoms with Crippen LogP contribution in [0.4, 0.5) is 0 Å². The molecule has 0 aromatic heterocycles. The quantitative estimate of drug-likeness (QED) is 0.444. The monoisotopic (exact) mass is 132 g/mol. The van der Waals surface area contributed by atoms with E-state index in [1.807, 2.05) is 14.1 Å². The number of nitrogens with zero attached hydrogens (tertiary/aromatic N) is 4. The average Bonchev–Trinajstić information content (AvgIpc) is 1.98. The van der Waals surface area contributed by atoms with Gasteiger partial charge in [-0.15, -0.1) is 0 Å². The van der Waals surface area contributed by atoms with Gasteiger partial charge in [0, 0.05) is 14.1 Å². The van der Waals surface area contributed by atoms with Crippen molar-refractivity contribution in [2.75, 3.05) is 14.1 Å². The molecule has 0 saturated carbocycles. The Labute approximate surface area is 50.7 Å². The third-order valence-corrected chi connectivity index (χ3v) is 1.95. The molecule has 0 radical (unpaired) electrons. The van der Waals surface area contributed by atoms with Crippen LogP contribution in [0, 0.1) is 0 Å². The van der Waals surface area contributed by atoms with Gasteiger partial charge >= 0.3 is 0 Å². The summed E-state index contributed by atoms with van der Waals surface area (Å²) < 4.78 is 0. The van der Waals surface area contributed by atoms with Gasteiger partial charge in [-0.1, -0.05) is 19.7 Å². The van der Waals surface area contributed by atoms with Crippen LogP contribution in [0.5, 0.6) is 0 Å². The first-order valence-electron chi connectivity index (χ1n) is 2.34. The molecule has 46 valence electrons. The summed E-state index contributed by atoms with van der Waals surface area (Å²) in [6.45, 7) is 0. The molecule has 0 aromatic carbocycles. The molecular formula is C3H9N4P. The van der Waals surface area contributed by atoms with Gasteiger partial charge in [0.1, 0.15) is 5.91 Å². The highest BCUT2D eigenvalue weighted by Crippen LogP contribution is 2.16. The smallest absolute Gasteiger partial charge is 0.150 e. The summed E-state index contributed by atoms with van der Waals surface area (Å²) in [5.41, 5.74) is 0. The van der Waals surface area contributed by atoms with E-state index >= 15 is 0 Å². The Balaban J connectivity index is 2.55. The first-order valence-corrected chi connectivity index (χ1v) is 3.01. The van der Waals surface area contributed by atoms with E-state index in [9.17, 15) is 0 Å². The maximum absolute atomic E-state index is 3.76. The van der Waals surface area contributed by atoms with Crippen molar-refractivity contribution in [2.24, 2.45) is 10.4 Å². The van der Waals surface area contributed by atoms with Crippen molar-refractivity contribution in [3.8, 4) is 0 Å². The second kappa shape index (κ2) is 1.86. The predicted octanol–water partition coefficient (Wildman–Crippen LogP) is 0.304. The summed E-state index contributed by atoms with van der Waals surface area (Å²) in [5.74, 6) is 0.231. The van der Waals surface area contributed by atoms with Crippen LogP contribution in [0.2, 0.25) is 0 Å². The summed E-state index contributed by atoms with van der Waals surface area (Å²) in [6.07, 6.45) is 0. The van der Waals surface area contributed by atoms with E-state index < -0.39 is 0 Å². The molecule has 1 unspecified atom stereocenters. The Morgan fingerprint density at radius 3 is 1.75 bits per heavy atom. The molecule has 8 heavy (non-hydrogen) atoms. The van der Waals surface area contributed by atoms with Crippen molar-refractivity contribution in [1.82, 2.24) is 10.0 Å². The molecule has 0 saturated heterocycles. The lowest BCUT2D eigenvalue weighted by atomic mass is 10.9. The molecule has 0 spiro atoms. The first kappa shape index (κ1) is 5.76. The van der Waals surface area contributed by atoms with Crippen LogP contribution in [0.3, 0.4) is 0 Å². The average molecular weight is 132 g/mol. The molecule has 0 bridgehead atoms. The van der Waals surface area contributed by atoms with Crippen molar-refractivity contribution >= 4 is 9.24 Å². The highest BCUT2D eigenvalue weighted by atomic mass is 31.0. The molecule has 0 amide bonds. The lowest BCUT2D eigenvalue weighted by Gasteiger charge is -2.16. The molecular weight excluding hydrogens is 123 g/mol. The molecule has 0 N–H and O–H groups in total. The van der Waals surface area contributed by atoms with Crippen LogP contribution >= 0.6 is 9.24 Å². The van der Waals surface area contributed by atoms with Gasteiger partial charge in [0.25, 0.3) is 0 Å². The van der Waals surface area contributed by atoms with Gasteiger partial charge in [-0.3, -0.25) is 10.0 Å². The minimum absolute atomic E-state index is 0.231. The first-order chi connectivity index (χ1) is 3.72. The highest BCUT2D eigenvalue weighted by molar-refractivity contribution is 7.17. The van der Waals surface area contributed by atoms with Crippen LogP contribution < -0.4 is 0 Å². The third kappa shape index (κ3) is 0.757. The third-order valence-electron chi connectivity index (χ3n) is 1.09. The van der Waals surface area contributed by atoms with E-state index in [0.717, 1.165) is 0 Å². The fourth-order valence-corrected chi connectivity index (χ4v) is 0.593. The van der Waals surface area contributed by atoms with Crippen molar-refractivity contribution in [3.05, 3.63) is 0 Å². The molecule has 4 nitrogen and oxygen atoms in total. The van der Waals surface area contributed by atoms with Gasteiger partial charge in [0.15, 0.2) is 0 Å². The van der Waals surface area contributed by atoms with Crippen LogP contribution in [0.1, 0.15) is 0 Å². The highest BCUT2D eigenvalue weighted by Gasteiger charge is 2.16. The van der Waals surface area contributed by atoms with Crippen molar-refractivity contribution < 1.29 is 0 Å². The molecule has 5 heteroatoms. The zero-order chi connectivity index (χ0) is 6.15. The SMILES string of the molecule is CN1N=NN(C)C1P. The summed E-state index contributed by atoms with van der Waals surface area (Å²) in [7, 11) is 6.38. The van der Waals surface area contributed by atoms with Gasteiger partial charge in [0.2, 0.25) is 0 Å². The van der Waals surface area contributed by atoms with Crippen molar-refractivity contribution in [3.63, 3.8) is 0 Å². The second-order valence-corrected chi connectivity index (χ2v) is 2.34. The minimum atomic E-state index is 0.231. The number of hydrogen-bond donors (Lipinski definition) is 0. The Hall–Kier alpha value is -0.370. The van der Waals surface area contributed by atoms with Crippen LogP contribution in [-0.2, 0) is 0 Å². The molecule has 1 heterocycles. The van der Waals surface area contributed by atoms with Crippen LogP contribution in [0.25, 0.3) is 0 Å². The summed E-state index contributed by atoms with van der Waals surface area (Å²) >= 11 is 0. The fraction of sp³-hybridized carbons (Fsp3) is 1.00. The molecule has 0 fully saturated rings. The van der Waals surface area contributed by atoms with Gasteiger partial charge < -0.3 is 0 Å². The van der Waals surface area contributed by atoms with Crippen LogP contribution in [-0.4, -0.2) is 30.0 Å². The fourth-order valence-electron chi connectivity index (χ4n) is 0.474. The molecule has 1 aliphatic heterocycles. The van der Waals surface area contributed by atoms with Gasteiger partial charge in [-0.05, 0) is 0 Å². The standard InChI is InChI=1S/C3H9N4P/c1-6-3(8)7(2)5-4-6/h3H,8H2,1-2H3. The number of hydrogen-bond acceptors (Lipinski definition) is 4. The van der Waals surface area contributed by atoms with E-state index in [1.165, 1.54) is 0 Å². The Kier molecular flexibility index (Phi) is 1.34. The van der Waals surface area contributed by atoms with Gasteiger partial charge in [-0.25, -0.2) is 0 Å². The van der Waals surface area contributed by atoms with E-state index in [0.29, 0.717) is 0 Å². The Morgan fingerprint density at radius 2 is 1.62 bits per heavy atom. The largest absolute Gasteiger partial charge is 0.253 e. The van der Waals surface area contributed by atoms with E-state index in [1.54, 1.807) is 10.0 Å². The Bertz CT molecular complexity index is 102. The summed E-state index contributed by atoms with van der Waals surface area (Å²) in [5, 5.41) is 11.1. The minimum Gasteiger partial charge on any atom is -0.253 e. The van der Waals surface area contributed by atoms with Crippen LogP contribution in [0.15, 0.2) is 10.4 Å². The zero-order valence-electron chi connectivity index (χ0n) is 4.94. The molecule has 1 rings (SSSR count). The van der Waals surface area contributed by atoms with E-state index in [-0.39, 0.29) is 5.91 Å². The molecule has 1 aliphatic rings. The second-order valence-electron chi connectivity index (χ2n) is 1.74. The maximum Gasteiger partial charge on any atom is 0.150 e. The van der Waals surface area contributed by atoms with Gasteiger partial charge in [-0.2, -0.15) is 0 Å². The van der Waals surface area contributed by atoms with Crippen molar-refractivity contribution in [1.29, 1.82) is 0 Å². The Morgan fingerprint density at radius 1 is 1.25 bits per heavy atom. The predicted molar refractivity (Wildman–Crippen MR) is 33.9 cm³/mol.